The number of nitrogens with one attached hydrogen (secondary N) is 2. The van der Waals surface area contributed by atoms with Crippen LogP contribution in [0.3, 0.4) is 0 Å². The molecule has 2 aliphatic rings. The summed E-state index contributed by atoms with van der Waals surface area (Å²) in [6.45, 7) is 10.3. The Morgan fingerprint density at radius 1 is 1.25 bits per heavy atom. The molecule has 0 atom stereocenters. The molecule has 2 aliphatic heterocycles. The first-order valence-electron chi connectivity index (χ1n) is 12.5. The van der Waals surface area contributed by atoms with E-state index in [1.165, 1.54) is 11.3 Å². The van der Waals surface area contributed by atoms with Gasteiger partial charge >= 0.3 is 0 Å². The summed E-state index contributed by atoms with van der Waals surface area (Å²) in [4.78, 5) is 11.5. The van der Waals surface area contributed by atoms with Crippen LogP contribution in [0, 0.1) is 0 Å². The minimum absolute atomic E-state index is 0.151. The Labute approximate surface area is 214 Å². The van der Waals surface area contributed by atoms with E-state index in [2.05, 4.69) is 46.2 Å². The smallest absolute Gasteiger partial charge is 0.197 e. The third-order valence-electron chi connectivity index (χ3n) is 7.13. The van der Waals surface area contributed by atoms with Crippen molar-refractivity contribution in [3.05, 3.63) is 30.4 Å². The van der Waals surface area contributed by atoms with E-state index in [9.17, 15) is 0 Å². The zero-order valence-electron chi connectivity index (χ0n) is 21.1. The average Bonchev–Trinajstić information content (AvgIpc) is 3.61. The number of piperidine rings is 1. The van der Waals surface area contributed by atoms with Crippen molar-refractivity contribution in [2.45, 2.75) is 51.1 Å². The maximum absolute atomic E-state index is 5.57. The van der Waals surface area contributed by atoms with Gasteiger partial charge in [-0.05, 0) is 31.7 Å². The van der Waals surface area contributed by atoms with Crippen molar-refractivity contribution < 1.29 is 9.47 Å². The molecule has 0 aromatic carbocycles. The van der Waals surface area contributed by atoms with E-state index in [4.69, 9.17) is 19.6 Å². The summed E-state index contributed by atoms with van der Waals surface area (Å²) in [5.74, 6) is 0.918. The van der Waals surface area contributed by atoms with Crippen LogP contribution >= 0.6 is 11.3 Å². The van der Waals surface area contributed by atoms with Gasteiger partial charge in [0, 0.05) is 36.5 Å². The molecular weight excluding hydrogens is 476 g/mol. The van der Waals surface area contributed by atoms with E-state index in [0.717, 1.165) is 66.7 Å². The second kappa shape index (κ2) is 9.13. The molecule has 2 N–H and O–H groups in total. The number of hydrogen-bond donors (Lipinski definition) is 2. The Hall–Kier alpha value is -3.02. The van der Waals surface area contributed by atoms with E-state index >= 15 is 0 Å². The lowest BCUT2D eigenvalue weighted by Crippen LogP contribution is -2.62. The van der Waals surface area contributed by atoms with Crippen molar-refractivity contribution in [3.8, 4) is 27.7 Å². The van der Waals surface area contributed by atoms with Crippen LogP contribution in [0.1, 0.15) is 45.1 Å². The molecule has 4 aromatic heterocycles. The van der Waals surface area contributed by atoms with Crippen LogP contribution in [0.25, 0.3) is 27.6 Å². The third kappa shape index (κ3) is 4.14. The van der Waals surface area contributed by atoms with Crippen LogP contribution in [0.2, 0.25) is 0 Å². The fourth-order valence-electron chi connectivity index (χ4n) is 5.23. The predicted octanol–water partition coefficient (Wildman–Crippen LogP) is 3.72. The largest absolute Gasteiger partial charge is 0.493 e. The Morgan fingerprint density at radius 3 is 2.75 bits per heavy atom. The second-order valence-corrected chi connectivity index (χ2v) is 11.3. The van der Waals surface area contributed by atoms with Gasteiger partial charge in [0.2, 0.25) is 0 Å². The van der Waals surface area contributed by atoms with E-state index < -0.39 is 0 Å². The van der Waals surface area contributed by atoms with Crippen molar-refractivity contribution >= 4 is 22.0 Å². The van der Waals surface area contributed by atoms with Crippen molar-refractivity contribution in [3.63, 3.8) is 0 Å². The summed E-state index contributed by atoms with van der Waals surface area (Å²) in [6, 6.07) is 2.53. The third-order valence-corrected chi connectivity index (χ3v) is 8.19. The van der Waals surface area contributed by atoms with Gasteiger partial charge in [0.1, 0.15) is 22.0 Å². The van der Waals surface area contributed by atoms with Crippen molar-refractivity contribution in [1.29, 1.82) is 0 Å². The monoisotopic (exact) mass is 508 g/mol. The maximum atomic E-state index is 5.57. The number of hydrogen-bond acceptors (Lipinski definition) is 9. The molecule has 2 fully saturated rings. The summed E-state index contributed by atoms with van der Waals surface area (Å²) < 4.78 is 12.7. The van der Waals surface area contributed by atoms with E-state index in [1.807, 2.05) is 18.5 Å². The first-order valence-corrected chi connectivity index (χ1v) is 13.3. The highest BCUT2D eigenvalue weighted by atomic mass is 32.1. The minimum Gasteiger partial charge on any atom is -0.493 e. The van der Waals surface area contributed by atoms with Crippen LogP contribution in [0.5, 0.6) is 5.75 Å². The molecule has 6 rings (SSSR count). The number of aromatic amines is 1. The van der Waals surface area contributed by atoms with E-state index in [0.29, 0.717) is 17.4 Å². The van der Waals surface area contributed by atoms with E-state index in [-0.39, 0.29) is 11.5 Å². The average molecular weight is 509 g/mol. The lowest BCUT2D eigenvalue weighted by molar-refractivity contribution is -0.0703. The number of anilines is 1. The SMILES string of the molecule is COc1cc(-c2[nH]nc(-c3ncc(N4CCC(NC5(C)COC5)CC4)s3)c2C(C)C)cn2ncnc12. The highest BCUT2D eigenvalue weighted by Crippen LogP contribution is 2.40. The molecule has 0 bridgehead atoms. The number of H-pyrrole nitrogens is 1. The molecule has 190 valence electrons. The number of aromatic nitrogens is 6. The Kier molecular flexibility index (Phi) is 5.93. The molecule has 0 radical (unpaired) electrons. The molecule has 10 nitrogen and oxygen atoms in total. The number of ether oxygens (including phenoxy) is 2. The summed E-state index contributed by atoms with van der Waals surface area (Å²) in [5, 5.41) is 18.2. The van der Waals surface area contributed by atoms with Crippen molar-refractivity contribution in [2.24, 2.45) is 0 Å². The van der Waals surface area contributed by atoms with Gasteiger partial charge < -0.3 is 19.7 Å². The van der Waals surface area contributed by atoms with Gasteiger partial charge in [0.05, 0.1) is 37.8 Å². The number of methoxy groups -OCH3 is 1. The Bertz CT molecular complexity index is 1360. The molecule has 4 aromatic rings. The van der Waals surface area contributed by atoms with Crippen molar-refractivity contribution in [1.82, 2.24) is 35.1 Å². The topological polar surface area (TPSA) is 105 Å². The molecule has 2 saturated heterocycles. The first-order chi connectivity index (χ1) is 17.4. The van der Waals surface area contributed by atoms with Gasteiger partial charge in [-0.1, -0.05) is 25.2 Å². The number of thiazole rings is 1. The van der Waals surface area contributed by atoms with Gasteiger partial charge in [0.25, 0.3) is 0 Å². The first kappa shape index (κ1) is 23.4. The summed E-state index contributed by atoms with van der Waals surface area (Å²) in [6.07, 6.45) is 7.73. The predicted molar refractivity (Wildman–Crippen MR) is 140 cm³/mol. The number of fused-ring (bicyclic) bond motifs is 1. The quantitative estimate of drug-likeness (QED) is 0.389. The van der Waals surface area contributed by atoms with Crippen LogP contribution in [0.15, 0.2) is 24.8 Å². The zero-order chi connectivity index (χ0) is 24.9. The summed E-state index contributed by atoms with van der Waals surface area (Å²) in [7, 11) is 1.65. The lowest BCUT2D eigenvalue weighted by atomic mass is 9.95. The van der Waals surface area contributed by atoms with Crippen LogP contribution in [-0.4, -0.2) is 74.8 Å². The molecule has 6 heterocycles. The highest BCUT2D eigenvalue weighted by Gasteiger charge is 2.36. The Balaban J connectivity index is 1.24. The van der Waals surface area contributed by atoms with Crippen molar-refractivity contribution in [2.75, 3.05) is 38.3 Å². The normalized spacial score (nSPS) is 18.2. The standard InChI is InChI=1S/C25H32N8O2S/c1-15(2)20-21(16-9-18(34-4)23-27-14-28-33(23)11-16)30-31-22(20)24-26-10-19(36-24)32-7-5-17(6-8-32)29-25(3)12-35-13-25/h9-11,14-15,17,29H,5-8,12-13H2,1-4H3,(H,30,31). The number of rotatable bonds is 7. The van der Waals surface area contributed by atoms with Gasteiger partial charge in [-0.3, -0.25) is 5.10 Å². The molecule has 0 aliphatic carbocycles. The summed E-state index contributed by atoms with van der Waals surface area (Å²) in [5.41, 5.74) is 4.78. The van der Waals surface area contributed by atoms with Crippen LogP contribution in [-0.2, 0) is 4.74 Å². The molecule has 36 heavy (non-hydrogen) atoms. The molecule has 0 spiro atoms. The number of pyridine rings is 1. The van der Waals surface area contributed by atoms with Gasteiger partial charge in [-0.25, -0.2) is 14.5 Å². The lowest BCUT2D eigenvalue weighted by Gasteiger charge is -2.44. The molecule has 0 unspecified atom stereocenters. The second-order valence-electron chi connectivity index (χ2n) is 10.3. The number of nitrogens with zero attached hydrogens (tertiary/aromatic N) is 6. The zero-order valence-corrected chi connectivity index (χ0v) is 21.9. The molecule has 0 amide bonds. The van der Waals surface area contributed by atoms with Gasteiger partial charge in [-0.2, -0.15) is 10.2 Å². The van der Waals surface area contributed by atoms with Crippen LogP contribution < -0.4 is 15.0 Å². The Morgan fingerprint density at radius 2 is 2.06 bits per heavy atom. The molecule has 0 saturated carbocycles. The summed E-state index contributed by atoms with van der Waals surface area (Å²) >= 11 is 1.71. The fraction of sp³-hybridized carbons (Fsp3) is 0.520. The van der Waals surface area contributed by atoms with Gasteiger partial charge in [0.15, 0.2) is 11.4 Å². The van der Waals surface area contributed by atoms with E-state index in [1.54, 1.807) is 23.0 Å². The highest BCUT2D eigenvalue weighted by molar-refractivity contribution is 7.18. The van der Waals surface area contributed by atoms with Crippen LogP contribution in [0.4, 0.5) is 5.00 Å². The minimum atomic E-state index is 0.151. The molecular formula is C25H32N8O2S. The molecule has 11 heteroatoms. The maximum Gasteiger partial charge on any atom is 0.197 e. The van der Waals surface area contributed by atoms with Gasteiger partial charge in [-0.15, -0.1) is 0 Å². The fourth-order valence-corrected chi connectivity index (χ4v) is 6.20.